The molecule has 28 heavy (non-hydrogen) atoms. The number of Topliss-reactive ketones (excluding diaryl/α,β-unsaturated/α-hetero) is 2. The number of hydrogen-bond donors (Lipinski definition) is 0. The summed E-state index contributed by atoms with van der Waals surface area (Å²) in [5.74, 6) is -1.43. The van der Waals surface area contributed by atoms with Crippen LogP contribution in [0.4, 0.5) is 0 Å². The van der Waals surface area contributed by atoms with Gasteiger partial charge in [-0.2, -0.15) is 5.26 Å². The predicted octanol–water partition coefficient (Wildman–Crippen LogP) is 4.80. The zero-order valence-corrected chi connectivity index (χ0v) is 16.5. The second-order valence-electron chi connectivity index (χ2n) is 5.56. The summed E-state index contributed by atoms with van der Waals surface area (Å²) in [7, 11) is -4.16. The van der Waals surface area contributed by atoms with Crippen LogP contribution >= 0.6 is 7.60 Å². The molecule has 0 aliphatic carbocycles. The van der Waals surface area contributed by atoms with E-state index in [1.165, 1.54) is 24.3 Å². The first-order valence-corrected chi connectivity index (χ1v) is 10.3. The van der Waals surface area contributed by atoms with Crippen LogP contribution in [0.15, 0.2) is 71.6 Å². The molecule has 0 spiro atoms. The summed E-state index contributed by atoms with van der Waals surface area (Å²) in [5.41, 5.74) is -0.131. The minimum atomic E-state index is -4.16. The number of rotatable bonds is 9. The van der Waals surface area contributed by atoms with Crippen LogP contribution in [0.25, 0.3) is 0 Å². The van der Waals surface area contributed by atoms with Gasteiger partial charge in [0.1, 0.15) is 6.07 Å². The fourth-order valence-electron chi connectivity index (χ4n) is 2.55. The van der Waals surface area contributed by atoms with Crippen LogP contribution in [0, 0.1) is 11.3 Å². The van der Waals surface area contributed by atoms with Crippen LogP contribution in [-0.2, 0) is 13.6 Å². The first-order valence-electron chi connectivity index (χ1n) is 8.72. The molecule has 0 radical (unpaired) electrons. The molecule has 0 amide bonds. The predicted molar refractivity (Wildman–Crippen MR) is 105 cm³/mol. The summed E-state index contributed by atoms with van der Waals surface area (Å²) >= 11 is 0. The van der Waals surface area contributed by atoms with Crippen molar-refractivity contribution in [2.75, 3.05) is 13.2 Å². The molecule has 0 unspecified atom stereocenters. The zero-order chi connectivity index (χ0) is 20.6. The highest BCUT2D eigenvalue weighted by Crippen LogP contribution is 2.57. The maximum atomic E-state index is 13.2. The molecule has 2 aromatic carbocycles. The summed E-state index contributed by atoms with van der Waals surface area (Å²) in [6.45, 7) is 3.13. The Bertz CT molecular complexity index is 898. The number of nitriles is 1. The van der Waals surface area contributed by atoms with Crippen LogP contribution < -0.4 is 0 Å². The van der Waals surface area contributed by atoms with Crippen molar-refractivity contribution < 1.29 is 23.2 Å². The lowest BCUT2D eigenvalue weighted by atomic mass is 9.95. The number of allylic oxidation sites excluding steroid dienone is 2. The fourth-order valence-corrected chi connectivity index (χ4v) is 4.16. The number of carbonyl (C=O) groups excluding carboxylic acids is 2. The first kappa shape index (κ1) is 21.5. The summed E-state index contributed by atoms with van der Waals surface area (Å²) in [6.07, 6.45) is 0. The monoisotopic (exact) mass is 397 g/mol. The highest BCUT2D eigenvalue weighted by Gasteiger charge is 2.38. The van der Waals surface area contributed by atoms with Crippen molar-refractivity contribution in [3.63, 3.8) is 0 Å². The number of benzene rings is 2. The van der Waals surface area contributed by atoms with Gasteiger partial charge in [-0.3, -0.25) is 14.2 Å². The van der Waals surface area contributed by atoms with Crippen LogP contribution in [0.2, 0.25) is 0 Å². The van der Waals surface area contributed by atoms with Crippen molar-refractivity contribution in [2.24, 2.45) is 0 Å². The third-order valence-electron chi connectivity index (χ3n) is 3.74. The van der Waals surface area contributed by atoms with Gasteiger partial charge in [-0.05, 0) is 13.8 Å². The number of nitrogens with zero attached hydrogens (tertiary/aromatic N) is 1. The molecule has 0 heterocycles. The fraction of sp³-hybridized carbons (Fsp3) is 0.190. The van der Waals surface area contributed by atoms with Crippen molar-refractivity contribution in [3.05, 3.63) is 82.7 Å². The van der Waals surface area contributed by atoms with E-state index in [9.17, 15) is 19.4 Å². The van der Waals surface area contributed by atoms with E-state index in [1.54, 1.807) is 56.3 Å². The minimum Gasteiger partial charge on any atom is -0.305 e. The smallest absolute Gasteiger partial charge is 0.305 e. The highest BCUT2D eigenvalue weighted by atomic mass is 31.2. The lowest BCUT2D eigenvalue weighted by Crippen LogP contribution is -2.17. The SMILES string of the molecule is CCOP(=O)(OCC)C(C#N)=C(C(=O)c1ccccc1)C(=O)c1ccccc1. The molecule has 0 fully saturated rings. The Morgan fingerprint density at radius 3 is 1.57 bits per heavy atom. The molecule has 2 aromatic rings. The average molecular weight is 397 g/mol. The van der Waals surface area contributed by atoms with Crippen LogP contribution in [0.5, 0.6) is 0 Å². The summed E-state index contributed by atoms with van der Waals surface area (Å²) in [5, 5.41) is 9.15. The zero-order valence-electron chi connectivity index (χ0n) is 15.6. The van der Waals surface area contributed by atoms with E-state index in [2.05, 4.69) is 0 Å². The standard InChI is InChI=1S/C21H20NO5P/c1-3-26-28(25,27-4-2)18(15-22)19(20(23)16-11-7-5-8-12-16)21(24)17-13-9-6-10-14-17/h5-14H,3-4H2,1-2H3. The molecule has 0 saturated carbocycles. The van der Waals surface area contributed by atoms with E-state index < -0.39 is 30.0 Å². The van der Waals surface area contributed by atoms with Gasteiger partial charge in [0.15, 0.2) is 16.9 Å². The van der Waals surface area contributed by atoms with E-state index in [1.807, 2.05) is 0 Å². The van der Waals surface area contributed by atoms with Gasteiger partial charge in [0.05, 0.1) is 18.8 Å². The first-order chi connectivity index (χ1) is 13.5. The topological polar surface area (TPSA) is 93.5 Å². The van der Waals surface area contributed by atoms with Crippen molar-refractivity contribution in [3.8, 4) is 6.07 Å². The van der Waals surface area contributed by atoms with Gasteiger partial charge in [-0.1, -0.05) is 60.7 Å². The molecule has 0 atom stereocenters. The molecule has 0 saturated heterocycles. The van der Waals surface area contributed by atoms with Crippen molar-refractivity contribution in [1.82, 2.24) is 0 Å². The van der Waals surface area contributed by atoms with Gasteiger partial charge < -0.3 is 9.05 Å². The Morgan fingerprint density at radius 2 is 1.25 bits per heavy atom. The maximum absolute atomic E-state index is 13.2. The largest absolute Gasteiger partial charge is 0.372 e. The van der Waals surface area contributed by atoms with Crippen LogP contribution in [0.1, 0.15) is 34.6 Å². The number of hydrogen-bond acceptors (Lipinski definition) is 6. The molecule has 0 N–H and O–H groups in total. The second-order valence-corrected chi connectivity index (χ2v) is 7.52. The third kappa shape index (κ3) is 4.71. The molecule has 0 bridgehead atoms. The Balaban J connectivity index is 2.76. The van der Waals surface area contributed by atoms with Crippen molar-refractivity contribution in [1.29, 1.82) is 5.26 Å². The molecule has 0 aliphatic heterocycles. The quantitative estimate of drug-likeness (QED) is 0.151. The summed E-state index contributed by atoms with van der Waals surface area (Å²) in [6, 6.07) is 17.8. The number of ketones is 2. The maximum Gasteiger partial charge on any atom is 0.372 e. The molecule has 0 aliphatic rings. The van der Waals surface area contributed by atoms with E-state index in [0.29, 0.717) is 0 Å². The van der Waals surface area contributed by atoms with Gasteiger partial charge >= 0.3 is 7.60 Å². The highest BCUT2D eigenvalue weighted by molar-refractivity contribution is 7.59. The molecule has 7 heteroatoms. The van der Waals surface area contributed by atoms with E-state index in [0.717, 1.165) is 0 Å². The normalized spacial score (nSPS) is 10.8. The molecular weight excluding hydrogens is 377 g/mol. The molecule has 144 valence electrons. The lowest BCUT2D eigenvalue weighted by molar-refractivity contribution is 0.0960. The Kier molecular flexibility index (Phi) is 7.60. The number of carbonyl (C=O) groups is 2. The summed E-state index contributed by atoms with van der Waals surface area (Å²) in [4.78, 5) is 26.3. The van der Waals surface area contributed by atoms with E-state index >= 15 is 0 Å². The van der Waals surface area contributed by atoms with Gasteiger partial charge in [-0.15, -0.1) is 0 Å². The van der Waals surface area contributed by atoms with Gasteiger partial charge in [-0.25, -0.2) is 0 Å². The summed E-state index contributed by atoms with van der Waals surface area (Å²) < 4.78 is 23.7. The molecule has 2 rings (SSSR count). The second kappa shape index (κ2) is 9.91. The average Bonchev–Trinajstić information content (AvgIpc) is 2.72. The van der Waals surface area contributed by atoms with E-state index in [-0.39, 0.29) is 24.3 Å². The van der Waals surface area contributed by atoms with Crippen LogP contribution in [-0.4, -0.2) is 24.8 Å². The van der Waals surface area contributed by atoms with Crippen molar-refractivity contribution in [2.45, 2.75) is 13.8 Å². The third-order valence-corrected chi connectivity index (χ3v) is 5.81. The van der Waals surface area contributed by atoms with Gasteiger partial charge in [0.25, 0.3) is 0 Å². The minimum absolute atomic E-state index is 0.0191. The van der Waals surface area contributed by atoms with Crippen LogP contribution in [0.3, 0.4) is 0 Å². The van der Waals surface area contributed by atoms with E-state index in [4.69, 9.17) is 9.05 Å². The molecule has 6 nitrogen and oxygen atoms in total. The Hall–Kier alpha value is -2.84. The van der Waals surface area contributed by atoms with Gasteiger partial charge in [0, 0.05) is 11.1 Å². The Labute approximate surface area is 163 Å². The molecular formula is C21H20NO5P. The lowest BCUT2D eigenvalue weighted by Gasteiger charge is -2.18. The Morgan fingerprint density at radius 1 is 0.857 bits per heavy atom. The van der Waals surface area contributed by atoms with Crippen molar-refractivity contribution >= 4 is 19.2 Å². The molecule has 0 aromatic heterocycles. The van der Waals surface area contributed by atoms with Gasteiger partial charge in [0.2, 0.25) is 0 Å².